The number of rotatable bonds is 7. The Morgan fingerprint density at radius 3 is 2.27 bits per heavy atom. The van der Waals surface area contributed by atoms with Crippen LogP contribution in [-0.2, 0) is 0 Å². The van der Waals surface area contributed by atoms with Gasteiger partial charge < -0.3 is 4.90 Å². The molecule has 0 spiro atoms. The van der Waals surface area contributed by atoms with Gasteiger partial charge in [-0.15, -0.1) is 0 Å². The summed E-state index contributed by atoms with van der Waals surface area (Å²) in [5.74, 6) is 0. The van der Waals surface area contributed by atoms with E-state index in [1.807, 2.05) is 54.6 Å². The van der Waals surface area contributed by atoms with Crippen molar-refractivity contribution in [2.24, 2.45) is 0 Å². The van der Waals surface area contributed by atoms with Crippen LogP contribution >= 0.6 is 15.9 Å². The predicted molar refractivity (Wildman–Crippen MR) is 109 cm³/mol. The van der Waals surface area contributed by atoms with Gasteiger partial charge in [-0.25, -0.2) is 0 Å². The fraction of sp³-hybridized carbons (Fsp3) is 0.273. The van der Waals surface area contributed by atoms with Crippen molar-refractivity contribution >= 4 is 21.5 Å². The van der Waals surface area contributed by atoms with Gasteiger partial charge in [0.15, 0.2) is 0 Å². The predicted octanol–water partition coefficient (Wildman–Crippen LogP) is 6.10. The number of unbranched alkanes of at least 4 members (excludes halogenated alkanes) is 3. The Morgan fingerprint density at radius 1 is 1.04 bits per heavy atom. The summed E-state index contributed by atoms with van der Waals surface area (Å²) < 4.78 is 0.958. The molecule has 0 saturated carbocycles. The molecule has 0 radical (unpaired) electrons. The first-order valence-electron chi connectivity index (χ1n) is 8.82. The van der Waals surface area contributed by atoms with E-state index in [0.29, 0.717) is 5.57 Å². The summed E-state index contributed by atoms with van der Waals surface area (Å²) in [6, 6.07) is 11.6. The SMILES string of the molecule is CCCCCCN1C=CC(=CC(=C(C#N)C#N)c2ccc(Br)cc2)C=C1. The van der Waals surface area contributed by atoms with Gasteiger partial charge in [-0.05, 0) is 47.9 Å². The van der Waals surface area contributed by atoms with Crippen molar-refractivity contribution < 1.29 is 0 Å². The lowest BCUT2D eigenvalue weighted by molar-refractivity contribution is 0.468. The molecule has 0 amide bonds. The minimum Gasteiger partial charge on any atom is -0.354 e. The quantitative estimate of drug-likeness (QED) is 0.405. The maximum absolute atomic E-state index is 9.31. The van der Waals surface area contributed by atoms with E-state index in [2.05, 4.69) is 40.2 Å². The topological polar surface area (TPSA) is 50.8 Å². The fourth-order valence-corrected chi connectivity index (χ4v) is 2.94. The number of benzene rings is 1. The molecule has 2 rings (SSSR count). The molecule has 0 fully saturated rings. The molecule has 0 saturated heterocycles. The first kappa shape index (κ1) is 19.8. The molecule has 4 heteroatoms. The van der Waals surface area contributed by atoms with Crippen molar-refractivity contribution in [1.82, 2.24) is 4.90 Å². The molecule has 0 atom stereocenters. The molecular weight excluding hydrogens is 386 g/mol. The van der Waals surface area contributed by atoms with E-state index in [9.17, 15) is 10.5 Å². The van der Waals surface area contributed by atoms with Gasteiger partial charge in [-0.2, -0.15) is 10.5 Å². The third-order valence-electron chi connectivity index (χ3n) is 4.15. The Kier molecular flexibility index (Phi) is 7.93. The first-order chi connectivity index (χ1) is 12.7. The van der Waals surface area contributed by atoms with Crippen molar-refractivity contribution in [1.29, 1.82) is 10.5 Å². The highest BCUT2D eigenvalue weighted by molar-refractivity contribution is 9.10. The largest absolute Gasteiger partial charge is 0.354 e. The third kappa shape index (κ3) is 5.76. The van der Waals surface area contributed by atoms with Crippen molar-refractivity contribution in [2.45, 2.75) is 32.6 Å². The normalized spacial score (nSPS) is 12.5. The van der Waals surface area contributed by atoms with Crippen LogP contribution < -0.4 is 0 Å². The second-order valence-electron chi connectivity index (χ2n) is 6.09. The molecule has 0 bridgehead atoms. The Balaban J connectivity index is 2.18. The van der Waals surface area contributed by atoms with E-state index >= 15 is 0 Å². The van der Waals surface area contributed by atoms with Gasteiger partial charge >= 0.3 is 0 Å². The van der Waals surface area contributed by atoms with Crippen LogP contribution in [0, 0.1) is 22.7 Å². The summed E-state index contributed by atoms with van der Waals surface area (Å²) in [7, 11) is 0. The lowest BCUT2D eigenvalue weighted by Gasteiger charge is -2.19. The maximum atomic E-state index is 9.31. The van der Waals surface area contributed by atoms with Crippen LogP contribution in [0.25, 0.3) is 5.57 Å². The Labute approximate surface area is 164 Å². The molecule has 0 aliphatic carbocycles. The van der Waals surface area contributed by atoms with Crippen LogP contribution in [0.2, 0.25) is 0 Å². The number of hydrogen-bond acceptors (Lipinski definition) is 3. The van der Waals surface area contributed by atoms with E-state index in [-0.39, 0.29) is 5.57 Å². The lowest BCUT2D eigenvalue weighted by atomic mass is 9.98. The Bertz CT molecular complexity index is 782. The fourth-order valence-electron chi connectivity index (χ4n) is 2.68. The van der Waals surface area contributed by atoms with E-state index < -0.39 is 0 Å². The van der Waals surface area contributed by atoms with Crippen LogP contribution in [0.3, 0.4) is 0 Å². The smallest absolute Gasteiger partial charge is 0.137 e. The number of hydrogen-bond donors (Lipinski definition) is 0. The molecular formula is C22H22BrN3. The molecule has 0 aromatic heterocycles. The molecule has 1 aromatic rings. The van der Waals surface area contributed by atoms with Gasteiger partial charge in [0.25, 0.3) is 0 Å². The van der Waals surface area contributed by atoms with Crippen LogP contribution in [0.4, 0.5) is 0 Å². The van der Waals surface area contributed by atoms with Crippen LogP contribution in [0.5, 0.6) is 0 Å². The molecule has 1 aliphatic heterocycles. The average Bonchev–Trinajstić information content (AvgIpc) is 2.67. The zero-order valence-corrected chi connectivity index (χ0v) is 16.5. The Morgan fingerprint density at radius 2 is 1.69 bits per heavy atom. The molecule has 1 heterocycles. The highest BCUT2D eigenvalue weighted by Crippen LogP contribution is 2.25. The minimum absolute atomic E-state index is 0.114. The zero-order valence-electron chi connectivity index (χ0n) is 15.0. The molecule has 1 aromatic carbocycles. The minimum atomic E-state index is 0.114. The first-order valence-corrected chi connectivity index (χ1v) is 9.61. The van der Waals surface area contributed by atoms with Gasteiger partial charge in [0.2, 0.25) is 0 Å². The van der Waals surface area contributed by atoms with E-state index in [0.717, 1.165) is 22.2 Å². The van der Waals surface area contributed by atoms with Gasteiger partial charge in [0.05, 0.1) is 0 Å². The summed E-state index contributed by atoms with van der Waals surface area (Å²) in [6.45, 7) is 3.22. The highest BCUT2D eigenvalue weighted by atomic mass is 79.9. The Hall–Kier alpha value is -2.56. The standard InChI is InChI=1S/C22H22BrN3/c1-2-3-4-5-12-26-13-10-18(11-14-26)15-22(20(16-24)17-25)19-6-8-21(23)9-7-19/h6-11,13-15H,2-5,12H2,1H3. The monoisotopic (exact) mass is 407 g/mol. The molecule has 26 heavy (non-hydrogen) atoms. The highest BCUT2D eigenvalue weighted by Gasteiger charge is 2.09. The van der Waals surface area contributed by atoms with Gasteiger partial charge in [0, 0.05) is 29.0 Å². The number of halogens is 1. The zero-order chi connectivity index (χ0) is 18.8. The van der Waals surface area contributed by atoms with Gasteiger partial charge in [-0.1, -0.05) is 54.2 Å². The summed E-state index contributed by atoms with van der Waals surface area (Å²) in [5, 5.41) is 18.6. The number of nitriles is 2. The molecule has 1 aliphatic rings. The summed E-state index contributed by atoms with van der Waals surface area (Å²) in [4.78, 5) is 2.17. The summed E-state index contributed by atoms with van der Waals surface area (Å²) in [5.41, 5.74) is 2.57. The molecule has 0 unspecified atom stereocenters. The van der Waals surface area contributed by atoms with Crippen LogP contribution in [0.1, 0.15) is 38.2 Å². The lowest BCUT2D eigenvalue weighted by Crippen LogP contribution is -2.13. The van der Waals surface area contributed by atoms with Crippen molar-refractivity contribution in [2.75, 3.05) is 6.54 Å². The maximum Gasteiger partial charge on any atom is 0.137 e. The molecule has 3 nitrogen and oxygen atoms in total. The molecule has 0 N–H and O–H groups in total. The van der Waals surface area contributed by atoms with Crippen LogP contribution in [0.15, 0.2) is 70.5 Å². The van der Waals surface area contributed by atoms with Crippen molar-refractivity contribution in [3.63, 3.8) is 0 Å². The van der Waals surface area contributed by atoms with Crippen molar-refractivity contribution in [3.8, 4) is 12.1 Å². The summed E-state index contributed by atoms with van der Waals surface area (Å²) in [6.07, 6.45) is 15.0. The van der Waals surface area contributed by atoms with Crippen molar-refractivity contribution in [3.05, 3.63) is 76.1 Å². The number of nitrogens with zero attached hydrogens (tertiary/aromatic N) is 3. The second-order valence-corrected chi connectivity index (χ2v) is 7.01. The summed E-state index contributed by atoms with van der Waals surface area (Å²) >= 11 is 3.41. The second kappa shape index (κ2) is 10.4. The average molecular weight is 408 g/mol. The third-order valence-corrected chi connectivity index (χ3v) is 4.67. The van der Waals surface area contributed by atoms with Crippen LogP contribution in [-0.4, -0.2) is 11.4 Å². The number of allylic oxidation sites excluding steroid dienone is 6. The van der Waals surface area contributed by atoms with E-state index in [1.165, 1.54) is 25.7 Å². The van der Waals surface area contributed by atoms with E-state index in [1.54, 1.807) is 0 Å². The molecule has 132 valence electrons. The van der Waals surface area contributed by atoms with Gasteiger partial charge in [0.1, 0.15) is 17.7 Å². The van der Waals surface area contributed by atoms with Gasteiger partial charge in [-0.3, -0.25) is 0 Å². The van der Waals surface area contributed by atoms with E-state index in [4.69, 9.17) is 0 Å².